The van der Waals surface area contributed by atoms with Gasteiger partial charge in [0, 0.05) is 26.6 Å². The maximum atomic E-state index is 12.8. The van der Waals surface area contributed by atoms with E-state index in [1.807, 2.05) is 60.7 Å². The molecule has 0 aromatic heterocycles. The second kappa shape index (κ2) is 8.65. The summed E-state index contributed by atoms with van der Waals surface area (Å²) in [5.74, 6) is 0.116. The van der Waals surface area contributed by atoms with E-state index in [1.54, 1.807) is 0 Å². The van der Waals surface area contributed by atoms with Gasteiger partial charge in [-0.05, 0) is 48.9 Å². The minimum absolute atomic E-state index is 0.0954. The van der Waals surface area contributed by atoms with Crippen LogP contribution in [0, 0.1) is 6.92 Å². The van der Waals surface area contributed by atoms with E-state index in [4.69, 9.17) is 0 Å². The van der Waals surface area contributed by atoms with Gasteiger partial charge in [-0.1, -0.05) is 73.8 Å². The van der Waals surface area contributed by atoms with Gasteiger partial charge in [-0.25, -0.2) is 0 Å². The number of carbonyl (C=O) groups is 1. The lowest BCUT2D eigenvalue weighted by Gasteiger charge is -2.20. The summed E-state index contributed by atoms with van der Waals surface area (Å²) in [4.78, 5) is 12.8. The molecule has 1 atom stereocenters. The van der Waals surface area contributed by atoms with Gasteiger partial charge in [0.2, 0.25) is 0 Å². The van der Waals surface area contributed by atoms with Gasteiger partial charge >= 0.3 is 0 Å². The molecule has 0 aliphatic heterocycles. The lowest BCUT2D eigenvalue weighted by Crippen LogP contribution is -2.16. The van der Waals surface area contributed by atoms with Crippen molar-refractivity contribution in [2.24, 2.45) is 0 Å². The van der Waals surface area contributed by atoms with Crippen molar-refractivity contribution >= 4 is 43.3 Å². The van der Waals surface area contributed by atoms with Crippen LogP contribution in [0.2, 0.25) is 0 Å². The van der Waals surface area contributed by atoms with Crippen LogP contribution in [0.1, 0.15) is 33.9 Å². The molecule has 0 heterocycles. The number of rotatable bonds is 6. The first-order valence-corrected chi connectivity index (χ1v) is 9.97. The highest BCUT2D eigenvalue weighted by molar-refractivity contribution is 9.10. The molecule has 3 rings (SSSR count). The van der Waals surface area contributed by atoms with E-state index in [2.05, 4.69) is 56.2 Å². The summed E-state index contributed by atoms with van der Waals surface area (Å²) in [6.45, 7) is 2.06. The molecular formula is C22H19Br2NO. The fourth-order valence-electron chi connectivity index (χ4n) is 2.74. The van der Waals surface area contributed by atoms with Crippen LogP contribution in [0.5, 0.6) is 0 Å². The summed E-state index contributed by atoms with van der Waals surface area (Å²) >= 11 is 6.88. The Morgan fingerprint density at radius 2 is 1.38 bits per heavy atom. The lowest BCUT2D eigenvalue weighted by atomic mass is 9.97. The third-order valence-electron chi connectivity index (χ3n) is 4.22. The van der Waals surface area contributed by atoms with Gasteiger partial charge in [-0.15, -0.1) is 0 Å². The number of nitrogens with one attached hydrogen (secondary N) is 1. The van der Waals surface area contributed by atoms with Crippen LogP contribution in [-0.2, 0) is 0 Å². The van der Waals surface area contributed by atoms with E-state index in [-0.39, 0.29) is 11.8 Å². The van der Waals surface area contributed by atoms with Crippen LogP contribution >= 0.6 is 31.9 Å². The summed E-state index contributed by atoms with van der Waals surface area (Å²) in [7, 11) is 0. The predicted molar refractivity (Wildman–Crippen MR) is 115 cm³/mol. The van der Waals surface area contributed by atoms with E-state index < -0.39 is 0 Å². The minimum Gasteiger partial charge on any atom is -0.378 e. The molecule has 1 N–H and O–H groups in total. The zero-order valence-corrected chi connectivity index (χ0v) is 17.5. The van der Waals surface area contributed by atoms with Crippen molar-refractivity contribution in [2.45, 2.75) is 19.4 Å². The van der Waals surface area contributed by atoms with Gasteiger partial charge in [-0.2, -0.15) is 0 Å². The lowest BCUT2D eigenvalue weighted by molar-refractivity contribution is 0.0976. The first-order valence-electron chi connectivity index (χ1n) is 8.39. The normalized spacial score (nSPS) is 11.8. The molecule has 132 valence electrons. The zero-order valence-electron chi connectivity index (χ0n) is 14.4. The van der Waals surface area contributed by atoms with Gasteiger partial charge in [-0.3, -0.25) is 4.79 Å². The molecular weight excluding hydrogens is 454 g/mol. The molecule has 2 nitrogen and oxygen atoms in total. The van der Waals surface area contributed by atoms with Crippen LogP contribution < -0.4 is 5.32 Å². The largest absolute Gasteiger partial charge is 0.378 e. The molecule has 1 unspecified atom stereocenters. The molecule has 0 radical (unpaired) electrons. The van der Waals surface area contributed by atoms with E-state index in [9.17, 15) is 4.79 Å². The highest BCUT2D eigenvalue weighted by Crippen LogP contribution is 2.26. The minimum atomic E-state index is -0.0954. The number of anilines is 1. The number of carbonyl (C=O) groups excluding carboxylic acids is 1. The fraction of sp³-hybridized carbons (Fsp3) is 0.136. The number of benzene rings is 3. The summed E-state index contributed by atoms with van der Waals surface area (Å²) in [6.07, 6.45) is 0.386. The van der Waals surface area contributed by atoms with Gasteiger partial charge in [0.25, 0.3) is 0 Å². The fourth-order valence-corrected chi connectivity index (χ4v) is 3.27. The number of aryl methyl sites for hydroxylation is 1. The molecule has 0 saturated carbocycles. The predicted octanol–water partition coefficient (Wildman–Crippen LogP) is 6.95. The Morgan fingerprint density at radius 3 is 1.96 bits per heavy atom. The highest BCUT2D eigenvalue weighted by atomic mass is 79.9. The Bertz CT molecular complexity index is 872. The van der Waals surface area contributed by atoms with Crippen LogP contribution in [0.15, 0.2) is 81.7 Å². The van der Waals surface area contributed by atoms with Crippen molar-refractivity contribution in [1.29, 1.82) is 0 Å². The first-order chi connectivity index (χ1) is 12.5. The number of ketones is 1. The third kappa shape index (κ3) is 5.05. The van der Waals surface area contributed by atoms with Crippen LogP contribution in [-0.4, -0.2) is 5.78 Å². The Morgan fingerprint density at radius 1 is 0.846 bits per heavy atom. The molecule has 3 aromatic carbocycles. The Balaban J connectivity index is 1.84. The number of hydrogen-bond acceptors (Lipinski definition) is 2. The van der Waals surface area contributed by atoms with Gasteiger partial charge < -0.3 is 5.32 Å². The highest BCUT2D eigenvalue weighted by Gasteiger charge is 2.17. The second-order valence-corrected chi connectivity index (χ2v) is 8.08. The molecule has 0 bridgehead atoms. The van der Waals surface area contributed by atoms with Crippen LogP contribution in [0.3, 0.4) is 0 Å². The molecule has 0 aliphatic rings. The van der Waals surface area contributed by atoms with Crippen LogP contribution in [0.4, 0.5) is 5.69 Å². The summed E-state index contributed by atoms with van der Waals surface area (Å²) in [6, 6.07) is 23.7. The van der Waals surface area contributed by atoms with Crippen molar-refractivity contribution in [3.05, 3.63) is 98.4 Å². The average molecular weight is 473 g/mol. The molecule has 4 heteroatoms. The van der Waals surface area contributed by atoms with E-state index >= 15 is 0 Å². The molecule has 0 spiro atoms. The molecule has 0 fully saturated rings. The summed E-state index contributed by atoms with van der Waals surface area (Å²) < 4.78 is 1.99. The summed E-state index contributed by atoms with van der Waals surface area (Å²) in [5, 5.41) is 3.51. The Kier molecular flexibility index (Phi) is 6.28. The zero-order chi connectivity index (χ0) is 18.5. The smallest absolute Gasteiger partial charge is 0.165 e. The van der Waals surface area contributed by atoms with E-state index in [0.717, 1.165) is 25.8 Å². The van der Waals surface area contributed by atoms with Crippen LogP contribution in [0.25, 0.3) is 0 Å². The molecule has 0 amide bonds. The number of Topliss-reactive ketones (excluding diaryl/α,β-unsaturated/α-hetero) is 1. The van der Waals surface area contributed by atoms with Crippen molar-refractivity contribution < 1.29 is 4.79 Å². The maximum Gasteiger partial charge on any atom is 0.165 e. The molecule has 26 heavy (non-hydrogen) atoms. The molecule has 3 aromatic rings. The van der Waals surface area contributed by atoms with Crippen molar-refractivity contribution in [3.8, 4) is 0 Å². The van der Waals surface area contributed by atoms with Crippen molar-refractivity contribution in [1.82, 2.24) is 0 Å². The second-order valence-electron chi connectivity index (χ2n) is 6.25. The molecule has 0 saturated heterocycles. The standard InChI is InChI=1S/C22H19Br2NO/c1-15-2-12-20(13-3-15)25-21(16-4-8-18(23)9-5-16)14-22(26)17-6-10-19(24)11-7-17/h2-13,21,25H,14H2,1H3. The number of hydrogen-bond donors (Lipinski definition) is 1. The Labute approximate surface area is 170 Å². The topological polar surface area (TPSA) is 29.1 Å². The SMILES string of the molecule is Cc1ccc(NC(CC(=O)c2ccc(Br)cc2)c2ccc(Br)cc2)cc1. The average Bonchev–Trinajstić information content (AvgIpc) is 2.64. The number of halogens is 2. The first kappa shape index (κ1) is 18.9. The van der Waals surface area contributed by atoms with E-state index in [1.165, 1.54) is 5.56 Å². The summed E-state index contributed by atoms with van der Waals surface area (Å²) in [5.41, 5.74) is 4.02. The quantitative estimate of drug-likeness (QED) is 0.393. The Hall–Kier alpha value is -1.91. The molecule has 0 aliphatic carbocycles. The van der Waals surface area contributed by atoms with E-state index in [0.29, 0.717) is 6.42 Å². The van der Waals surface area contributed by atoms with Gasteiger partial charge in [0.05, 0.1) is 6.04 Å². The monoisotopic (exact) mass is 471 g/mol. The maximum absolute atomic E-state index is 12.8. The van der Waals surface area contributed by atoms with Crippen molar-refractivity contribution in [2.75, 3.05) is 5.32 Å². The van der Waals surface area contributed by atoms with Gasteiger partial charge in [0.15, 0.2) is 5.78 Å². The van der Waals surface area contributed by atoms with Gasteiger partial charge in [0.1, 0.15) is 0 Å². The van der Waals surface area contributed by atoms with Crippen molar-refractivity contribution in [3.63, 3.8) is 0 Å². The third-order valence-corrected chi connectivity index (χ3v) is 5.28.